The molecule has 0 aliphatic heterocycles. The fourth-order valence-electron chi connectivity index (χ4n) is 2.43. The van der Waals surface area contributed by atoms with E-state index < -0.39 is 11.9 Å². The number of nitrogens with one attached hydrogen (secondary N) is 2. The van der Waals surface area contributed by atoms with Gasteiger partial charge in [-0.2, -0.15) is 0 Å². The maximum Gasteiger partial charge on any atom is 0.337 e. The van der Waals surface area contributed by atoms with E-state index in [1.165, 1.54) is 31.6 Å². The van der Waals surface area contributed by atoms with Crippen LogP contribution in [0.4, 0.5) is 5.69 Å². The molecule has 2 N–H and O–H groups in total. The lowest BCUT2D eigenvalue weighted by molar-refractivity contribution is 0.0600. The van der Waals surface area contributed by atoms with Gasteiger partial charge in [0.2, 0.25) is 0 Å². The first kappa shape index (κ1) is 21.0. The number of carbonyl (C=O) groups is 3. The number of aromatic nitrogens is 1. The number of ether oxygens (including phenoxy) is 1. The summed E-state index contributed by atoms with van der Waals surface area (Å²) in [5.74, 6) is -1.21. The zero-order chi connectivity index (χ0) is 20.5. The summed E-state index contributed by atoms with van der Waals surface area (Å²) in [6, 6.07) is 7.87. The Kier molecular flexibility index (Phi) is 7.65. The van der Waals surface area contributed by atoms with Gasteiger partial charge in [0.1, 0.15) is 0 Å². The molecule has 0 spiro atoms. The number of pyridine rings is 1. The number of hydrogen-bond donors (Lipinski definition) is 2. The van der Waals surface area contributed by atoms with Crippen LogP contribution in [0, 0.1) is 0 Å². The van der Waals surface area contributed by atoms with Crippen LogP contribution < -0.4 is 10.6 Å². The minimum Gasteiger partial charge on any atom is -0.465 e. The molecule has 8 nitrogen and oxygen atoms in total. The smallest absolute Gasteiger partial charge is 0.337 e. The third kappa shape index (κ3) is 6.17. The van der Waals surface area contributed by atoms with Gasteiger partial charge in [-0.25, -0.2) is 4.79 Å². The van der Waals surface area contributed by atoms with Crippen molar-refractivity contribution >= 4 is 23.5 Å². The second-order valence-corrected chi connectivity index (χ2v) is 6.40. The van der Waals surface area contributed by atoms with Crippen molar-refractivity contribution in [2.75, 3.05) is 39.6 Å². The molecule has 0 bridgehead atoms. The van der Waals surface area contributed by atoms with Gasteiger partial charge in [0.15, 0.2) is 0 Å². The normalized spacial score (nSPS) is 10.4. The number of benzene rings is 1. The quantitative estimate of drug-likeness (QED) is 0.532. The lowest BCUT2D eigenvalue weighted by atomic mass is 10.1. The van der Waals surface area contributed by atoms with Gasteiger partial charge in [0.05, 0.1) is 23.8 Å². The summed E-state index contributed by atoms with van der Waals surface area (Å²) >= 11 is 0. The summed E-state index contributed by atoms with van der Waals surface area (Å²) in [6.45, 7) is 1.40. The van der Waals surface area contributed by atoms with Crippen molar-refractivity contribution in [2.45, 2.75) is 6.42 Å². The van der Waals surface area contributed by atoms with Crippen molar-refractivity contribution in [3.63, 3.8) is 0 Å². The summed E-state index contributed by atoms with van der Waals surface area (Å²) in [5, 5.41) is 5.49. The third-order valence-corrected chi connectivity index (χ3v) is 3.87. The molecule has 0 fully saturated rings. The lowest BCUT2D eigenvalue weighted by Crippen LogP contribution is -2.27. The van der Waals surface area contributed by atoms with Crippen molar-refractivity contribution in [3.8, 4) is 0 Å². The van der Waals surface area contributed by atoms with Crippen LogP contribution in [-0.2, 0) is 4.74 Å². The average Bonchev–Trinajstić information content (AvgIpc) is 2.70. The van der Waals surface area contributed by atoms with Gasteiger partial charge in [0, 0.05) is 24.6 Å². The molecule has 0 saturated heterocycles. The van der Waals surface area contributed by atoms with Gasteiger partial charge in [-0.1, -0.05) is 6.07 Å². The van der Waals surface area contributed by atoms with E-state index in [4.69, 9.17) is 0 Å². The molecule has 0 aliphatic rings. The Morgan fingerprint density at radius 2 is 1.75 bits per heavy atom. The average molecular weight is 384 g/mol. The second kappa shape index (κ2) is 10.2. The van der Waals surface area contributed by atoms with Crippen LogP contribution in [0.3, 0.4) is 0 Å². The molecular formula is C20H24N4O4. The summed E-state index contributed by atoms with van der Waals surface area (Å²) in [7, 11) is 5.22. The van der Waals surface area contributed by atoms with Crippen LogP contribution >= 0.6 is 0 Å². The van der Waals surface area contributed by atoms with E-state index in [0.717, 1.165) is 13.0 Å². The minimum absolute atomic E-state index is 0.240. The summed E-state index contributed by atoms with van der Waals surface area (Å²) in [4.78, 5) is 42.3. The van der Waals surface area contributed by atoms with Crippen LogP contribution in [0.1, 0.15) is 37.5 Å². The number of rotatable bonds is 8. The fraction of sp³-hybridized carbons (Fsp3) is 0.300. The molecule has 1 aromatic heterocycles. The SMILES string of the molecule is COC(=O)c1cccc(NC(=O)c2cncc(C(=O)NCCCN(C)C)c2)c1. The zero-order valence-electron chi connectivity index (χ0n) is 16.2. The molecular weight excluding hydrogens is 360 g/mol. The predicted octanol–water partition coefficient (Wildman–Crippen LogP) is 1.80. The molecule has 148 valence electrons. The Bertz CT molecular complexity index is 852. The van der Waals surface area contributed by atoms with Crippen molar-refractivity contribution in [1.82, 2.24) is 15.2 Å². The number of nitrogens with zero attached hydrogens (tertiary/aromatic N) is 2. The first-order valence-electron chi connectivity index (χ1n) is 8.78. The van der Waals surface area contributed by atoms with E-state index in [1.807, 2.05) is 19.0 Å². The number of methoxy groups -OCH3 is 1. The maximum absolute atomic E-state index is 12.5. The molecule has 2 amide bonds. The van der Waals surface area contributed by atoms with Crippen LogP contribution in [0.2, 0.25) is 0 Å². The molecule has 1 aromatic carbocycles. The lowest BCUT2D eigenvalue weighted by Gasteiger charge is -2.10. The zero-order valence-corrected chi connectivity index (χ0v) is 16.2. The monoisotopic (exact) mass is 384 g/mol. The van der Waals surface area contributed by atoms with E-state index >= 15 is 0 Å². The van der Waals surface area contributed by atoms with Crippen LogP contribution in [0.15, 0.2) is 42.7 Å². The molecule has 1 heterocycles. The highest BCUT2D eigenvalue weighted by molar-refractivity contribution is 6.06. The van der Waals surface area contributed by atoms with Crippen molar-refractivity contribution in [2.24, 2.45) is 0 Å². The molecule has 8 heteroatoms. The van der Waals surface area contributed by atoms with Crippen molar-refractivity contribution in [1.29, 1.82) is 0 Å². The topological polar surface area (TPSA) is 101 Å². The molecule has 2 rings (SSSR count). The molecule has 2 aromatic rings. The fourth-order valence-corrected chi connectivity index (χ4v) is 2.43. The predicted molar refractivity (Wildman–Crippen MR) is 105 cm³/mol. The number of esters is 1. The number of anilines is 1. The Balaban J connectivity index is 2.02. The Morgan fingerprint density at radius 3 is 2.43 bits per heavy atom. The van der Waals surface area contributed by atoms with E-state index in [-0.39, 0.29) is 11.5 Å². The first-order valence-corrected chi connectivity index (χ1v) is 8.78. The molecule has 0 unspecified atom stereocenters. The van der Waals surface area contributed by atoms with Gasteiger partial charge in [-0.15, -0.1) is 0 Å². The summed E-state index contributed by atoms with van der Waals surface area (Å²) in [6.07, 6.45) is 3.61. The van der Waals surface area contributed by atoms with E-state index in [0.29, 0.717) is 23.4 Å². The number of carbonyl (C=O) groups excluding carboxylic acids is 3. The van der Waals surface area contributed by atoms with Crippen LogP contribution in [-0.4, -0.2) is 62.0 Å². The largest absolute Gasteiger partial charge is 0.465 e. The van der Waals surface area contributed by atoms with Gasteiger partial charge >= 0.3 is 5.97 Å². The van der Waals surface area contributed by atoms with E-state index in [9.17, 15) is 14.4 Å². The van der Waals surface area contributed by atoms with E-state index in [1.54, 1.807) is 18.2 Å². The Morgan fingerprint density at radius 1 is 1.04 bits per heavy atom. The Hall–Kier alpha value is -3.26. The molecule has 0 saturated carbocycles. The second-order valence-electron chi connectivity index (χ2n) is 6.40. The van der Waals surface area contributed by atoms with Gasteiger partial charge in [-0.3, -0.25) is 14.6 Å². The van der Waals surface area contributed by atoms with Crippen molar-refractivity contribution < 1.29 is 19.1 Å². The van der Waals surface area contributed by atoms with E-state index in [2.05, 4.69) is 20.4 Å². The van der Waals surface area contributed by atoms with Gasteiger partial charge < -0.3 is 20.3 Å². The standard InChI is InChI=1S/C20H24N4O4/c1-24(2)9-5-8-22-18(25)15-10-16(13-21-12-15)19(26)23-17-7-4-6-14(11-17)20(27)28-3/h4,6-7,10-13H,5,8-9H2,1-3H3,(H,22,25)(H,23,26). The molecule has 0 radical (unpaired) electrons. The maximum atomic E-state index is 12.5. The first-order chi connectivity index (χ1) is 13.4. The molecule has 0 atom stereocenters. The van der Waals surface area contributed by atoms with Gasteiger partial charge in [0.25, 0.3) is 11.8 Å². The van der Waals surface area contributed by atoms with Crippen molar-refractivity contribution in [3.05, 3.63) is 59.4 Å². The summed E-state index contributed by atoms with van der Waals surface area (Å²) in [5.41, 5.74) is 1.31. The van der Waals surface area contributed by atoms with Gasteiger partial charge in [-0.05, 0) is 51.3 Å². The minimum atomic E-state index is -0.495. The highest BCUT2D eigenvalue weighted by Gasteiger charge is 2.13. The highest BCUT2D eigenvalue weighted by atomic mass is 16.5. The highest BCUT2D eigenvalue weighted by Crippen LogP contribution is 2.13. The molecule has 28 heavy (non-hydrogen) atoms. The number of amides is 2. The number of hydrogen-bond acceptors (Lipinski definition) is 6. The van der Waals surface area contributed by atoms with Crippen LogP contribution in [0.5, 0.6) is 0 Å². The van der Waals surface area contributed by atoms with Crippen LogP contribution in [0.25, 0.3) is 0 Å². The molecule has 0 aliphatic carbocycles. The Labute approximate surface area is 163 Å². The third-order valence-electron chi connectivity index (χ3n) is 3.87. The summed E-state index contributed by atoms with van der Waals surface area (Å²) < 4.78 is 4.67.